The van der Waals surface area contributed by atoms with Crippen LogP contribution < -0.4 is 10.2 Å². The van der Waals surface area contributed by atoms with Crippen molar-refractivity contribution in [1.82, 2.24) is 5.32 Å². The van der Waals surface area contributed by atoms with Gasteiger partial charge in [0.15, 0.2) is 6.61 Å². The van der Waals surface area contributed by atoms with Gasteiger partial charge in [-0.1, -0.05) is 38.8 Å². The second-order valence-corrected chi connectivity index (χ2v) is 7.13. The number of carbonyl (C=O) groups is 2. The van der Waals surface area contributed by atoms with Crippen molar-refractivity contribution in [2.24, 2.45) is 5.92 Å². The highest BCUT2D eigenvalue weighted by Crippen LogP contribution is 2.20. The maximum atomic E-state index is 11.7. The normalized spacial score (nSPS) is 15.1. The highest BCUT2D eigenvalue weighted by atomic mass is 16.5. The van der Waals surface area contributed by atoms with Crippen LogP contribution >= 0.6 is 0 Å². The number of amides is 1. The molecule has 0 unspecified atom stereocenters. The Bertz CT molecular complexity index is 600. The lowest BCUT2D eigenvalue weighted by molar-refractivity contribution is -0.143. The van der Waals surface area contributed by atoms with Crippen LogP contribution in [0, 0.1) is 5.92 Å². The highest BCUT2D eigenvalue weighted by Gasteiger charge is 2.09. The van der Waals surface area contributed by atoms with Crippen molar-refractivity contribution in [2.45, 2.75) is 39.5 Å². The number of nitrogens with zero attached hydrogens (tertiary/aromatic N) is 1. The molecule has 26 heavy (non-hydrogen) atoms. The Morgan fingerprint density at radius 3 is 2.38 bits per heavy atom. The monoisotopic (exact) mass is 358 g/mol. The molecule has 142 valence electrons. The van der Waals surface area contributed by atoms with Crippen LogP contribution in [0.4, 0.5) is 5.69 Å². The van der Waals surface area contributed by atoms with E-state index in [0.717, 1.165) is 18.7 Å². The van der Waals surface area contributed by atoms with Crippen molar-refractivity contribution in [1.29, 1.82) is 0 Å². The Labute approximate surface area is 156 Å². The molecule has 1 heterocycles. The van der Waals surface area contributed by atoms with Gasteiger partial charge in [0, 0.05) is 31.4 Å². The molecular weight excluding hydrogens is 328 g/mol. The molecule has 0 aliphatic carbocycles. The first-order chi connectivity index (χ1) is 12.5. The van der Waals surface area contributed by atoms with Gasteiger partial charge in [0.2, 0.25) is 0 Å². The third-order valence-corrected chi connectivity index (χ3v) is 4.33. The van der Waals surface area contributed by atoms with E-state index >= 15 is 0 Å². The molecule has 5 nitrogen and oxygen atoms in total. The fourth-order valence-electron chi connectivity index (χ4n) is 2.84. The van der Waals surface area contributed by atoms with E-state index in [9.17, 15) is 9.59 Å². The molecule has 1 fully saturated rings. The number of anilines is 1. The molecule has 0 bridgehead atoms. The summed E-state index contributed by atoms with van der Waals surface area (Å²) < 4.78 is 4.94. The lowest BCUT2D eigenvalue weighted by atomic mass is 10.1. The Balaban J connectivity index is 1.78. The first-order valence-corrected chi connectivity index (χ1v) is 9.51. The number of carbonyl (C=O) groups excluding carboxylic acids is 2. The minimum atomic E-state index is -0.513. The Hall–Kier alpha value is -2.30. The van der Waals surface area contributed by atoms with E-state index in [1.165, 1.54) is 37.4 Å². The predicted octanol–water partition coefficient (Wildman–Crippen LogP) is 3.40. The summed E-state index contributed by atoms with van der Waals surface area (Å²) in [5.74, 6) is -0.421. The number of hydrogen-bond acceptors (Lipinski definition) is 4. The summed E-state index contributed by atoms with van der Waals surface area (Å²) in [7, 11) is 0. The van der Waals surface area contributed by atoms with Crippen LogP contribution in [-0.2, 0) is 14.3 Å². The molecule has 1 aliphatic heterocycles. The molecule has 1 aromatic carbocycles. The van der Waals surface area contributed by atoms with Crippen LogP contribution in [-0.4, -0.2) is 38.1 Å². The van der Waals surface area contributed by atoms with Crippen molar-refractivity contribution in [3.63, 3.8) is 0 Å². The van der Waals surface area contributed by atoms with Crippen LogP contribution in [0.15, 0.2) is 30.3 Å². The first-order valence-electron chi connectivity index (χ1n) is 9.51. The summed E-state index contributed by atoms with van der Waals surface area (Å²) in [5.41, 5.74) is 2.17. The van der Waals surface area contributed by atoms with Crippen molar-refractivity contribution in [3.8, 4) is 0 Å². The van der Waals surface area contributed by atoms with Gasteiger partial charge >= 0.3 is 5.97 Å². The lowest BCUT2D eigenvalue weighted by Crippen LogP contribution is -2.31. The average molecular weight is 358 g/mol. The van der Waals surface area contributed by atoms with Gasteiger partial charge in [-0.25, -0.2) is 4.79 Å². The lowest BCUT2D eigenvalue weighted by Gasteiger charge is -2.22. The summed E-state index contributed by atoms with van der Waals surface area (Å²) in [4.78, 5) is 25.7. The van der Waals surface area contributed by atoms with Crippen LogP contribution in [0.25, 0.3) is 6.08 Å². The van der Waals surface area contributed by atoms with Gasteiger partial charge < -0.3 is 15.0 Å². The first kappa shape index (κ1) is 20.0. The zero-order chi connectivity index (χ0) is 18.8. The maximum absolute atomic E-state index is 11.7. The van der Waals surface area contributed by atoms with Crippen LogP contribution in [0.3, 0.4) is 0 Å². The third kappa shape index (κ3) is 7.30. The fourth-order valence-corrected chi connectivity index (χ4v) is 2.84. The van der Waals surface area contributed by atoms with Gasteiger partial charge in [0.25, 0.3) is 5.91 Å². The Morgan fingerprint density at radius 1 is 1.12 bits per heavy atom. The van der Waals surface area contributed by atoms with Crippen LogP contribution in [0.1, 0.15) is 45.1 Å². The van der Waals surface area contributed by atoms with Gasteiger partial charge in [-0.05, 0) is 42.5 Å². The molecular formula is C21H30N2O3. The number of rotatable bonds is 7. The zero-order valence-electron chi connectivity index (χ0n) is 15.9. The van der Waals surface area contributed by atoms with E-state index in [1.54, 1.807) is 6.08 Å². The Morgan fingerprint density at radius 2 is 1.77 bits per heavy atom. The number of ether oxygens (including phenoxy) is 1. The molecule has 0 atom stereocenters. The number of esters is 1. The quantitative estimate of drug-likeness (QED) is 0.599. The van der Waals surface area contributed by atoms with E-state index in [2.05, 4.69) is 22.3 Å². The summed E-state index contributed by atoms with van der Waals surface area (Å²) in [5, 5.41) is 2.71. The molecule has 0 spiro atoms. The molecule has 1 aliphatic rings. The van der Waals surface area contributed by atoms with E-state index in [-0.39, 0.29) is 12.5 Å². The van der Waals surface area contributed by atoms with Crippen molar-refractivity contribution < 1.29 is 14.3 Å². The number of nitrogens with one attached hydrogen (secondary N) is 1. The van der Waals surface area contributed by atoms with E-state index in [4.69, 9.17) is 4.74 Å². The fraction of sp³-hybridized carbons (Fsp3) is 0.524. The molecule has 1 N–H and O–H groups in total. The van der Waals surface area contributed by atoms with Gasteiger partial charge in [-0.2, -0.15) is 0 Å². The minimum Gasteiger partial charge on any atom is -0.452 e. The summed E-state index contributed by atoms with van der Waals surface area (Å²) in [6.45, 7) is 6.57. The Kier molecular flexibility index (Phi) is 8.19. The average Bonchev–Trinajstić information content (AvgIpc) is 2.93. The molecule has 5 heteroatoms. The van der Waals surface area contributed by atoms with Gasteiger partial charge in [0.05, 0.1) is 0 Å². The SMILES string of the molecule is CC(C)CNC(=O)COC(=O)/C=C/c1ccc(N2CCCCCC2)cc1. The predicted molar refractivity (Wildman–Crippen MR) is 105 cm³/mol. The van der Waals surface area contributed by atoms with E-state index < -0.39 is 5.97 Å². The molecule has 0 aromatic heterocycles. The topological polar surface area (TPSA) is 58.6 Å². The molecule has 0 radical (unpaired) electrons. The van der Waals surface area contributed by atoms with Gasteiger partial charge in [-0.3, -0.25) is 4.79 Å². The van der Waals surface area contributed by atoms with Crippen LogP contribution in [0.2, 0.25) is 0 Å². The molecule has 1 amide bonds. The largest absolute Gasteiger partial charge is 0.452 e. The molecule has 1 saturated heterocycles. The smallest absolute Gasteiger partial charge is 0.331 e. The summed E-state index contributed by atoms with van der Waals surface area (Å²) in [6.07, 6.45) is 8.19. The van der Waals surface area contributed by atoms with E-state index in [1.807, 2.05) is 26.0 Å². The molecule has 0 saturated carbocycles. The van der Waals surface area contributed by atoms with Gasteiger partial charge in [0.1, 0.15) is 0 Å². The van der Waals surface area contributed by atoms with Crippen molar-refractivity contribution >= 4 is 23.6 Å². The van der Waals surface area contributed by atoms with Crippen LogP contribution in [0.5, 0.6) is 0 Å². The highest BCUT2D eigenvalue weighted by molar-refractivity contribution is 5.89. The van der Waals surface area contributed by atoms with Crippen molar-refractivity contribution in [3.05, 3.63) is 35.9 Å². The summed E-state index contributed by atoms with van der Waals surface area (Å²) in [6, 6.07) is 8.18. The minimum absolute atomic E-state index is 0.246. The number of hydrogen-bond donors (Lipinski definition) is 1. The maximum Gasteiger partial charge on any atom is 0.331 e. The molecule has 1 aromatic rings. The molecule has 2 rings (SSSR count). The standard InChI is InChI=1S/C21H30N2O3/c1-17(2)15-22-20(24)16-26-21(25)12-9-18-7-10-19(11-8-18)23-13-5-3-4-6-14-23/h7-12,17H,3-6,13-16H2,1-2H3,(H,22,24)/b12-9+. The summed E-state index contributed by atoms with van der Waals surface area (Å²) >= 11 is 0. The second-order valence-electron chi connectivity index (χ2n) is 7.13. The van der Waals surface area contributed by atoms with E-state index in [0.29, 0.717) is 12.5 Å². The third-order valence-electron chi connectivity index (χ3n) is 4.33. The second kappa shape index (κ2) is 10.6. The van der Waals surface area contributed by atoms with Gasteiger partial charge in [-0.15, -0.1) is 0 Å². The zero-order valence-corrected chi connectivity index (χ0v) is 15.9. The van der Waals surface area contributed by atoms with Crippen molar-refractivity contribution in [2.75, 3.05) is 31.1 Å². The number of benzene rings is 1.